The number of esters is 1. The second kappa shape index (κ2) is 10.9. The molecule has 1 aromatic carbocycles. The maximum absolute atomic E-state index is 14.4. The minimum Gasteiger partial charge on any atom is -0.461 e. The summed E-state index contributed by atoms with van der Waals surface area (Å²) in [6, 6.07) is 5.50. The molecular formula is C26H30BrClN2O5S. The first kappa shape index (κ1) is 27.2. The SMILES string of the molecule is C=CCOC(=O)[C@H]1[C@H]2C(=O)N([C@@H](CC)CO)C(C(=O)N(CC=C)c3ccc(Cl)cc3)C23CC(Br)[C@@H]1S3. The number of carbonyl (C=O) groups is 3. The quantitative estimate of drug-likeness (QED) is 0.251. The van der Waals surface area contributed by atoms with Gasteiger partial charge in [0.1, 0.15) is 12.6 Å². The van der Waals surface area contributed by atoms with E-state index in [1.165, 1.54) is 17.8 Å². The average Bonchev–Trinajstić information content (AvgIpc) is 3.46. The number of nitrogens with zero attached hydrogens (tertiary/aromatic N) is 2. The summed E-state index contributed by atoms with van der Waals surface area (Å²) >= 11 is 11.3. The van der Waals surface area contributed by atoms with Crippen LogP contribution in [0.3, 0.4) is 0 Å². The summed E-state index contributed by atoms with van der Waals surface area (Å²) in [5, 5.41) is 10.5. The molecule has 2 amide bonds. The number of rotatable bonds is 10. The molecule has 4 rings (SSSR count). The van der Waals surface area contributed by atoms with Crippen LogP contribution in [0, 0.1) is 11.8 Å². The van der Waals surface area contributed by atoms with E-state index in [4.69, 9.17) is 16.3 Å². The van der Waals surface area contributed by atoms with Crippen LogP contribution in [0.1, 0.15) is 19.8 Å². The lowest BCUT2D eigenvalue weighted by molar-refractivity contribution is -0.153. The van der Waals surface area contributed by atoms with E-state index in [2.05, 4.69) is 29.1 Å². The number of hydrogen-bond acceptors (Lipinski definition) is 6. The lowest BCUT2D eigenvalue weighted by Crippen LogP contribution is -2.58. The van der Waals surface area contributed by atoms with Crippen molar-refractivity contribution >= 4 is 62.8 Å². The number of amides is 2. The fraction of sp³-hybridized carbons (Fsp3) is 0.500. The monoisotopic (exact) mass is 596 g/mol. The Bertz CT molecular complexity index is 1050. The summed E-state index contributed by atoms with van der Waals surface area (Å²) in [7, 11) is 0. The number of likely N-dealkylation sites (tertiary alicyclic amines) is 1. The van der Waals surface area contributed by atoms with Crippen LogP contribution in [-0.2, 0) is 19.1 Å². The number of aliphatic hydroxyl groups excluding tert-OH is 1. The highest BCUT2D eigenvalue weighted by Gasteiger charge is 2.76. The van der Waals surface area contributed by atoms with Gasteiger partial charge in [-0.15, -0.1) is 18.3 Å². The maximum Gasteiger partial charge on any atom is 0.311 e. The third-order valence-electron chi connectivity index (χ3n) is 7.37. The Hall–Kier alpha value is -1.81. The van der Waals surface area contributed by atoms with Gasteiger partial charge in [0.05, 0.1) is 29.2 Å². The molecule has 0 aliphatic carbocycles. The standard InChI is InChI=1S/C26H30BrClN2O5S/c1-4-11-29(17-9-7-15(28)8-10-17)24(33)22-26-13-18(27)21(36-26)19(25(34)35-12-5-2)20(26)23(32)30(22)16(6-3)14-31/h4-5,7-10,16,18-22,31H,1-2,6,11-14H2,3H3/t16-,18?,19-,20-,21-,22?,26?/m0/s1. The summed E-state index contributed by atoms with van der Waals surface area (Å²) in [6.07, 6.45) is 4.14. The van der Waals surface area contributed by atoms with Crippen molar-refractivity contribution in [3.05, 3.63) is 54.6 Å². The van der Waals surface area contributed by atoms with Crippen LogP contribution in [0.15, 0.2) is 49.6 Å². The van der Waals surface area contributed by atoms with Crippen LogP contribution in [0.5, 0.6) is 0 Å². The first-order chi connectivity index (χ1) is 17.2. The first-order valence-electron chi connectivity index (χ1n) is 12.0. The van der Waals surface area contributed by atoms with Crippen LogP contribution >= 0.6 is 39.3 Å². The van der Waals surface area contributed by atoms with Crippen molar-refractivity contribution in [3.63, 3.8) is 0 Å². The van der Waals surface area contributed by atoms with E-state index < -0.39 is 34.6 Å². The van der Waals surface area contributed by atoms with Crippen molar-refractivity contribution in [2.24, 2.45) is 11.8 Å². The van der Waals surface area contributed by atoms with Gasteiger partial charge < -0.3 is 19.6 Å². The van der Waals surface area contributed by atoms with Gasteiger partial charge in [-0.1, -0.05) is 53.2 Å². The average molecular weight is 598 g/mol. The molecule has 0 saturated carbocycles. The Balaban J connectivity index is 1.82. The number of benzene rings is 1. The second-order valence-electron chi connectivity index (χ2n) is 9.29. The molecule has 2 bridgehead atoms. The lowest BCUT2D eigenvalue weighted by atomic mass is 9.71. The van der Waals surface area contributed by atoms with Gasteiger partial charge in [0.2, 0.25) is 5.91 Å². The maximum atomic E-state index is 14.4. The molecule has 3 heterocycles. The molecule has 194 valence electrons. The zero-order valence-corrected chi connectivity index (χ0v) is 23.2. The third kappa shape index (κ3) is 4.31. The summed E-state index contributed by atoms with van der Waals surface area (Å²) in [6.45, 7) is 9.29. The zero-order valence-electron chi connectivity index (χ0n) is 20.0. The molecule has 0 aromatic heterocycles. The van der Waals surface area contributed by atoms with Gasteiger partial charge in [0.15, 0.2) is 0 Å². The molecule has 3 saturated heterocycles. The lowest BCUT2D eigenvalue weighted by Gasteiger charge is -2.39. The number of carbonyl (C=O) groups excluding carboxylic acids is 3. The van der Waals surface area contributed by atoms with Gasteiger partial charge >= 0.3 is 5.97 Å². The van der Waals surface area contributed by atoms with Gasteiger partial charge in [-0.2, -0.15) is 0 Å². The van der Waals surface area contributed by atoms with E-state index >= 15 is 0 Å². The van der Waals surface area contributed by atoms with Crippen LogP contribution < -0.4 is 4.90 Å². The van der Waals surface area contributed by atoms with Gasteiger partial charge in [0, 0.05) is 27.3 Å². The Morgan fingerprint density at radius 1 is 1.36 bits per heavy atom. The molecule has 3 aliphatic heterocycles. The number of aliphatic hydroxyl groups is 1. The topological polar surface area (TPSA) is 87.1 Å². The second-order valence-corrected chi connectivity index (χ2v) is 12.4. The Morgan fingerprint density at radius 2 is 2.06 bits per heavy atom. The van der Waals surface area contributed by atoms with Gasteiger partial charge in [-0.3, -0.25) is 14.4 Å². The third-order valence-corrected chi connectivity index (χ3v) is 10.8. The number of thioether (sulfide) groups is 1. The van der Waals surface area contributed by atoms with Crippen LogP contribution in [0.2, 0.25) is 5.02 Å². The number of halogens is 2. The molecule has 1 aromatic rings. The highest BCUT2D eigenvalue weighted by molar-refractivity contribution is 9.09. The van der Waals surface area contributed by atoms with E-state index in [-0.39, 0.29) is 41.6 Å². The van der Waals surface area contributed by atoms with Crippen molar-refractivity contribution in [3.8, 4) is 0 Å². The number of ether oxygens (including phenoxy) is 1. The Morgan fingerprint density at radius 3 is 2.64 bits per heavy atom. The number of fused-ring (bicyclic) bond motifs is 1. The fourth-order valence-electron chi connectivity index (χ4n) is 5.88. The van der Waals surface area contributed by atoms with E-state index in [0.717, 1.165) is 0 Å². The van der Waals surface area contributed by atoms with E-state index in [9.17, 15) is 19.5 Å². The van der Waals surface area contributed by atoms with Gasteiger partial charge in [-0.05, 0) is 37.1 Å². The molecule has 7 nitrogen and oxygen atoms in total. The van der Waals surface area contributed by atoms with Crippen LogP contribution in [0.4, 0.5) is 5.69 Å². The molecule has 3 aliphatic rings. The molecule has 1 N–H and O–H groups in total. The first-order valence-corrected chi connectivity index (χ1v) is 14.1. The predicted octanol–water partition coefficient (Wildman–Crippen LogP) is 3.82. The molecule has 1 spiro atoms. The number of anilines is 1. The largest absolute Gasteiger partial charge is 0.461 e. The molecule has 36 heavy (non-hydrogen) atoms. The number of alkyl halides is 1. The molecule has 7 atom stereocenters. The van der Waals surface area contributed by atoms with E-state index in [0.29, 0.717) is 23.6 Å². The highest BCUT2D eigenvalue weighted by atomic mass is 79.9. The van der Waals surface area contributed by atoms with Crippen molar-refractivity contribution in [1.82, 2.24) is 4.90 Å². The molecule has 0 radical (unpaired) electrons. The van der Waals surface area contributed by atoms with Crippen molar-refractivity contribution in [2.45, 2.75) is 46.7 Å². The molecule has 3 fully saturated rings. The van der Waals surface area contributed by atoms with E-state index in [1.807, 2.05) is 6.92 Å². The molecular weight excluding hydrogens is 568 g/mol. The van der Waals surface area contributed by atoms with Crippen LogP contribution in [0.25, 0.3) is 0 Å². The van der Waals surface area contributed by atoms with Crippen molar-refractivity contribution < 1.29 is 24.2 Å². The summed E-state index contributed by atoms with van der Waals surface area (Å²) in [5.74, 6) is -2.42. The van der Waals surface area contributed by atoms with Crippen molar-refractivity contribution in [1.29, 1.82) is 0 Å². The van der Waals surface area contributed by atoms with E-state index in [1.54, 1.807) is 40.1 Å². The molecule has 3 unspecified atom stereocenters. The minimum atomic E-state index is -0.866. The summed E-state index contributed by atoms with van der Waals surface area (Å²) in [5.41, 5.74) is 0.628. The summed E-state index contributed by atoms with van der Waals surface area (Å²) in [4.78, 5) is 44.7. The Kier molecular flexibility index (Phi) is 8.24. The van der Waals surface area contributed by atoms with Gasteiger partial charge in [0.25, 0.3) is 5.91 Å². The smallest absolute Gasteiger partial charge is 0.311 e. The van der Waals surface area contributed by atoms with Crippen molar-refractivity contribution in [2.75, 3.05) is 24.7 Å². The minimum absolute atomic E-state index is 0.0531. The molecule has 10 heteroatoms. The van der Waals surface area contributed by atoms with Crippen LogP contribution in [-0.4, -0.2) is 74.5 Å². The summed E-state index contributed by atoms with van der Waals surface area (Å²) < 4.78 is 4.57. The normalized spacial score (nSPS) is 31.2. The predicted molar refractivity (Wildman–Crippen MR) is 145 cm³/mol. The fourth-order valence-corrected chi connectivity index (χ4v) is 9.59. The highest BCUT2D eigenvalue weighted by Crippen LogP contribution is 2.68. The Labute approximate surface area is 229 Å². The van der Waals surface area contributed by atoms with Gasteiger partial charge in [-0.25, -0.2) is 0 Å². The zero-order chi connectivity index (χ0) is 26.2. The number of hydrogen-bond donors (Lipinski definition) is 1.